The molecule has 1 aromatic heterocycles. The van der Waals surface area contributed by atoms with E-state index in [4.69, 9.17) is 5.73 Å². The Bertz CT molecular complexity index is 442. The van der Waals surface area contributed by atoms with Crippen LogP contribution in [0, 0.1) is 0 Å². The molecule has 0 unspecified atom stereocenters. The molecule has 0 amide bonds. The van der Waals surface area contributed by atoms with Crippen molar-refractivity contribution in [2.24, 2.45) is 0 Å². The number of hydrogen-bond donors (Lipinski definition) is 1. The topological polar surface area (TPSA) is 43.8 Å². The van der Waals surface area contributed by atoms with Crippen LogP contribution < -0.4 is 5.73 Å². The molecule has 0 aliphatic rings. The van der Waals surface area contributed by atoms with E-state index in [1.165, 1.54) is 12.8 Å². The second-order valence-corrected chi connectivity index (χ2v) is 3.94. The molecule has 0 radical (unpaired) electrons. The van der Waals surface area contributed by atoms with Gasteiger partial charge < -0.3 is 5.73 Å². The smallest absolute Gasteiger partial charge is 0.0923 e. The third kappa shape index (κ3) is 2.42. The number of anilines is 1. The molecular weight excluding hydrogens is 198 g/mol. The van der Waals surface area contributed by atoms with E-state index in [0.29, 0.717) is 0 Å². The SMILES string of the molecule is CCCCn1ccc(-c2ccc(N)cc2)n1. The van der Waals surface area contributed by atoms with Crippen molar-refractivity contribution in [1.82, 2.24) is 9.78 Å². The van der Waals surface area contributed by atoms with Crippen LogP contribution >= 0.6 is 0 Å². The molecule has 0 saturated heterocycles. The number of unbranched alkanes of at least 4 members (excludes halogenated alkanes) is 1. The molecule has 0 aliphatic carbocycles. The molecule has 1 heterocycles. The molecule has 0 spiro atoms. The van der Waals surface area contributed by atoms with Gasteiger partial charge in [0.2, 0.25) is 0 Å². The summed E-state index contributed by atoms with van der Waals surface area (Å²) in [6.45, 7) is 3.18. The van der Waals surface area contributed by atoms with Gasteiger partial charge in [0.15, 0.2) is 0 Å². The Morgan fingerprint density at radius 3 is 2.62 bits per heavy atom. The monoisotopic (exact) mass is 215 g/mol. The summed E-state index contributed by atoms with van der Waals surface area (Å²) in [6.07, 6.45) is 4.39. The number of nitrogens with zero attached hydrogens (tertiary/aromatic N) is 2. The average molecular weight is 215 g/mol. The highest BCUT2D eigenvalue weighted by Crippen LogP contribution is 2.18. The zero-order chi connectivity index (χ0) is 11.4. The van der Waals surface area contributed by atoms with Gasteiger partial charge in [0.1, 0.15) is 0 Å². The highest BCUT2D eigenvalue weighted by atomic mass is 15.3. The first kappa shape index (κ1) is 10.7. The van der Waals surface area contributed by atoms with Gasteiger partial charge in [0, 0.05) is 24.0 Å². The molecule has 2 N–H and O–H groups in total. The van der Waals surface area contributed by atoms with E-state index in [1.807, 2.05) is 41.2 Å². The molecule has 0 atom stereocenters. The van der Waals surface area contributed by atoms with Crippen molar-refractivity contribution < 1.29 is 0 Å². The summed E-state index contributed by atoms with van der Waals surface area (Å²) in [4.78, 5) is 0. The number of hydrogen-bond acceptors (Lipinski definition) is 2. The van der Waals surface area contributed by atoms with Crippen molar-refractivity contribution in [3.8, 4) is 11.3 Å². The molecule has 3 nitrogen and oxygen atoms in total. The minimum absolute atomic E-state index is 0.786. The van der Waals surface area contributed by atoms with E-state index in [1.54, 1.807) is 0 Å². The second-order valence-electron chi connectivity index (χ2n) is 3.94. The van der Waals surface area contributed by atoms with Crippen LogP contribution in [0.4, 0.5) is 5.69 Å². The molecule has 0 saturated carbocycles. The predicted molar refractivity (Wildman–Crippen MR) is 67.0 cm³/mol. The van der Waals surface area contributed by atoms with Gasteiger partial charge in [-0.15, -0.1) is 0 Å². The molecule has 0 bridgehead atoms. The fourth-order valence-electron chi connectivity index (χ4n) is 1.61. The third-order valence-electron chi connectivity index (χ3n) is 2.59. The van der Waals surface area contributed by atoms with Gasteiger partial charge >= 0.3 is 0 Å². The van der Waals surface area contributed by atoms with E-state index in [0.717, 1.165) is 23.5 Å². The van der Waals surface area contributed by atoms with Crippen LogP contribution in [-0.2, 0) is 6.54 Å². The summed E-state index contributed by atoms with van der Waals surface area (Å²) < 4.78 is 2.00. The normalized spacial score (nSPS) is 10.6. The first-order valence-corrected chi connectivity index (χ1v) is 5.69. The number of rotatable bonds is 4. The highest BCUT2D eigenvalue weighted by molar-refractivity contribution is 5.61. The van der Waals surface area contributed by atoms with Crippen molar-refractivity contribution in [2.45, 2.75) is 26.3 Å². The first-order chi connectivity index (χ1) is 7.79. The zero-order valence-corrected chi connectivity index (χ0v) is 9.56. The van der Waals surface area contributed by atoms with Gasteiger partial charge in [0.25, 0.3) is 0 Å². The van der Waals surface area contributed by atoms with E-state index in [2.05, 4.69) is 12.0 Å². The van der Waals surface area contributed by atoms with Crippen LogP contribution in [0.25, 0.3) is 11.3 Å². The average Bonchev–Trinajstić information content (AvgIpc) is 2.76. The van der Waals surface area contributed by atoms with Gasteiger partial charge in [-0.25, -0.2) is 0 Å². The van der Waals surface area contributed by atoms with Crippen molar-refractivity contribution >= 4 is 5.69 Å². The maximum Gasteiger partial charge on any atom is 0.0923 e. The number of benzene rings is 1. The molecule has 2 aromatic rings. The predicted octanol–water partition coefficient (Wildman–Crippen LogP) is 2.93. The summed E-state index contributed by atoms with van der Waals surface area (Å²) in [5.41, 5.74) is 8.56. The van der Waals surface area contributed by atoms with Gasteiger partial charge in [-0.3, -0.25) is 4.68 Å². The lowest BCUT2D eigenvalue weighted by Gasteiger charge is -1.99. The summed E-state index contributed by atoms with van der Waals surface area (Å²) in [5, 5.41) is 4.52. The maximum absolute atomic E-state index is 5.65. The minimum Gasteiger partial charge on any atom is -0.399 e. The Labute approximate surface area is 95.9 Å². The Balaban J connectivity index is 2.15. The Morgan fingerprint density at radius 1 is 1.19 bits per heavy atom. The van der Waals surface area contributed by atoms with Crippen molar-refractivity contribution in [3.05, 3.63) is 36.5 Å². The van der Waals surface area contributed by atoms with E-state index < -0.39 is 0 Å². The van der Waals surface area contributed by atoms with Gasteiger partial charge in [-0.1, -0.05) is 25.5 Å². The summed E-state index contributed by atoms with van der Waals surface area (Å²) in [5.74, 6) is 0. The van der Waals surface area contributed by atoms with E-state index >= 15 is 0 Å². The van der Waals surface area contributed by atoms with Crippen molar-refractivity contribution in [3.63, 3.8) is 0 Å². The van der Waals surface area contributed by atoms with Gasteiger partial charge in [0.05, 0.1) is 5.69 Å². The maximum atomic E-state index is 5.65. The summed E-state index contributed by atoms with van der Waals surface area (Å²) in [6, 6.07) is 9.85. The largest absolute Gasteiger partial charge is 0.399 e. The quantitative estimate of drug-likeness (QED) is 0.797. The van der Waals surface area contributed by atoms with Crippen molar-refractivity contribution in [2.75, 3.05) is 5.73 Å². The number of nitrogen functional groups attached to an aromatic ring is 1. The fraction of sp³-hybridized carbons (Fsp3) is 0.308. The van der Waals surface area contributed by atoms with Crippen LogP contribution in [0.5, 0.6) is 0 Å². The molecule has 2 rings (SSSR count). The fourth-order valence-corrected chi connectivity index (χ4v) is 1.61. The van der Waals surface area contributed by atoms with Crippen LogP contribution in [-0.4, -0.2) is 9.78 Å². The molecule has 0 fully saturated rings. The number of aryl methyl sites for hydroxylation is 1. The molecule has 0 aliphatic heterocycles. The third-order valence-corrected chi connectivity index (χ3v) is 2.59. The van der Waals surface area contributed by atoms with Crippen LogP contribution in [0.2, 0.25) is 0 Å². The van der Waals surface area contributed by atoms with Crippen LogP contribution in [0.3, 0.4) is 0 Å². The molecule has 84 valence electrons. The summed E-state index contributed by atoms with van der Waals surface area (Å²) >= 11 is 0. The van der Waals surface area contributed by atoms with E-state index in [-0.39, 0.29) is 0 Å². The van der Waals surface area contributed by atoms with Crippen LogP contribution in [0.15, 0.2) is 36.5 Å². The molecule has 16 heavy (non-hydrogen) atoms. The van der Waals surface area contributed by atoms with Gasteiger partial charge in [-0.2, -0.15) is 5.10 Å². The summed E-state index contributed by atoms with van der Waals surface area (Å²) in [7, 11) is 0. The molecule has 1 aromatic carbocycles. The van der Waals surface area contributed by atoms with Gasteiger partial charge in [-0.05, 0) is 24.6 Å². The van der Waals surface area contributed by atoms with E-state index in [9.17, 15) is 0 Å². The Kier molecular flexibility index (Phi) is 3.25. The van der Waals surface area contributed by atoms with Crippen molar-refractivity contribution in [1.29, 1.82) is 0 Å². The molecule has 3 heteroatoms. The first-order valence-electron chi connectivity index (χ1n) is 5.69. The lowest BCUT2D eigenvalue weighted by molar-refractivity contribution is 0.573. The Morgan fingerprint density at radius 2 is 1.94 bits per heavy atom. The Hall–Kier alpha value is -1.77. The number of aromatic nitrogens is 2. The standard InChI is InChI=1S/C13H17N3/c1-2-3-9-16-10-8-13(15-16)11-4-6-12(14)7-5-11/h4-8,10H,2-3,9,14H2,1H3. The lowest BCUT2D eigenvalue weighted by Crippen LogP contribution is -1.97. The molecular formula is C13H17N3. The minimum atomic E-state index is 0.786. The zero-order valence-electron chi connectivity index (χ0n) is 9.56. The van der Waals surface area contributed by atoms with Crippen LogP contribution in [0.1, 0.15) is 19.8 Å². The highest BCUT2D eigenvalue weighted by Gasteiger charge is 2.01. The second kappa shape index (κ2) is 4.84. The lowest BCUT2D eigenvalue weighted by atomic mass is 10.1. The number of nitrogens with two attached hydrogens (primary N) is 1.